The Bertz CT molecular complexity index is 850. The van der Waals surface area contributed by atoms with Crippen LogP contribution in [0, 0.1) is 10.1 Å². The molecule has 2 aromatic heterocycles. The molecule has 0 aliphatic rings. The number of fused-ring (bicyclic) bond motifs is 1. The molecular weight excluding hydrogens is 314 g/mol. The Morgan fingerprint density at radius 3 is 2.86 bits per heavy atom. The van der Waals surface area contributed by atoms with Crippen LogP contribution in [0.3, 0.4) is 0 Å². The maximum atomic E-state index is 11.1. The van der Waals surface area contributed by atoms with Crippen LogP contribution < -0.4 is 4.74 Å². The van der Waals surface area contributed by atoms with Crippen LogP contribution in [0.2, 0.25) is 5.15 Å². The number of nitrogens with zero attached hydrogens (tertiary/aromatic N) is 3. The minimum Gasteiger partial charge on any atom is -0.490 e. The fraction of sp³-hybridized carbons (Fsp3) is 0.0769. The highest BCUT2D eigenvalue weighted by molar-refractivity contribution is 7.22. The van der Waals surface area contributed by atoms with Gasteiger partial charge in [0.15, 0.2) is 0 Å². The number of halogens is 1. The largest absolute Gasteiger partial charge is 0.490 e. The standard InChI is InChI=1S/C13H8ClN3O3S/c1-20-11-7(3-2-4-9(11)17(18)19)10-5-8-12(21-10)13(14)16-6-15-8/h2-6H,1H3. The second-order valence-electron chi connectivity index (χ2n) is 4.10. The van der Waals surface area contributed by atoms with Crippen LogP contribution in [-0.2, 0) is 0 Å². The molecule has 1 aromatic carbocycles. The van der Waals surface area contributed by atoms with E-state index in [4.69, 9.17) is 16.3 Å². The van der Waals surface area contributed by atoms with Gasteiger partial charge in [0, 0.05) is 16.5 Å². The Morgan fingerprint density at radius 1 is 1.38 bits per heavy atom. The number of nitro groups is 1. The summed E-state index contributed by atoms with van der Waals surface area (Å²) in [6.07, 6.45) is 1.38. The molecule has 21 heavy (non-hydrogen) atoms. The molecule has 0 spiro atoms. The Morgan fingerprint density at radius 2 is 2.19 bits per heavy atom. The van der Waals surface area contributed by atoms with E-state index in [2.05, 4.69) is 9.97 Å². The van der Waals surface area contributed by atoms with Gasteiger partial charge in [-0.3, -0.25) is 10.1 Å². The van der Waals surface area contributed by atoms with Crippen molar-refractivity contribution >= 4 is 38.8 Å². The third-order valence-corrected chi connectivity index (χ3v) is 4.49. The molecule has 0 atom stereocenters. The highest BCUT2D eigenvalue weighted by Gasteiger charge is 2.21. The lowest BCUT2D eigenvalue weighted by Gasteiger charge is -2.06. The van der Waals surface area contributed by atoms with Gasteiger partial charge in [-0.1, -0.05) is 17.7 Å². The summed E-state index contributed by atoms with van der Waals surface area (Å²) >= 11 is 7.40. The summed E-state index contributed by atoms with van der Waals surface area (Å²) in [5.74, 6) is 0.220. The smallest absolute Gasteiger partial charge is 0.311 e. The van der Waals surface area contributed by atoms with E-state index in [9.17, 15) is 10.1 Å². The molecule has 0 aliphatic heterocycles. The van der Waals surface area contributed by atoms with Gasteiger partial charge < -0.3 is 4.74 Å². The number of hydrogen-bond donors (Lipinski definition) is 0. The van der Waals surface area contributed by atoms with Gasteiger partial charge in [0.2, 0.25) is 5.75 Å². The van der Waals surface area contributed by atoms with E-state index < -0.39 is 4.92 Å². The second kappa shape index (κ2) is 5.27. The van der Waals surface area contributed by atoms with Crippen molar-refractivity contribution in [3.05, 3.63) is 45.9 Å². The van der Waals surface area contributed by atoms with Gasteiger partial charge >= 0.3 is 5.69 Å². The van der Waals surface area contributed by atoms with Gasteiger partial charge in [-0.05, 0) is 12.1 Å². The quantitative estimate of drug-likeness (QED) is 0.415. The Hall–Kier alpha value is -2.25. The molecule has 0 radical (unpaired) electrons. The molecule has 3 rings (SSSR count). The average Bonchev–Trinajstić information content (AvgIpc) is 2.91. The lowest BCUT2D eigenvalue weighted by Crippen LogP contribution is -1.95. The molecule has 0 fully saturated rings. The molecule has 0 N–H and O–H groups in total. The van der Waals surface area contributed by atoms with E-state index in [1.807, 2.05) is 6.07 Å². The monoisotopic (exact) mass is 321 g/mol. The number of para-hydroxylation sites is 1. The van der Waals surface area contributed by atoms with Crippen molar-refractivity contribution in [1.29, 1.82) is 0 Å². The first-order valence-corrected chi connectivity index (χ1v) is 7.03. The van der Waals surface area contributed by atoms with Crippen LogP contribution in [-0.4, -0.2) is 22.0 Å². The van der Waals surface area contributed by atoms with Crippen molar-refractivity contribution in [2.75, 3.05) is 7.11 Å². The summed E-state index contributed by atoms with van der Waals surface area (Å²) in [6, 6.07) is 6.60. The maximum Gasteiger partial charge on any atom is 0.311 e. The Kier molecular flexibility index (Phi) is 3.44. The lowest BCUT2D eigenvalue weighted by molar-refractivity contribution is -0.385. The number of nitro benzene ring substituents is 1. The van der Waals surface area contributed by atoms with Crippen molar-refractivity contribution in [3.8, 4) is 16.2 Å². The van der Waals surface area contributed by atoms with Gasteiger partial charge in [0.05, 0.1) is 22.2 Å². The molecule has 0 saturated carbocycles. The summed E-state index contributed by atoms with van der Waals surface area (Å²) in [5, 5.41) is 11.4. The number of ether oxygens (including phenoxy) is 1. The van der Waals surface area contributed by atoms with Crippen molar-refractivity contribution in [2.45, 2.75) is 0 Å². The summed E-state index contributed by atoms with van der Waals surface area (Å²) < 4.78 is 5.95. The zero-order valence-electron chi connectivity index (χ0n) is 10.7. The van der Waals surface area contributed by atoms with Gasteiger partial charge in [-0.2, -0.15) is 0 Å². The predicted molar refractivity (Wildman–Crippen MR) is 81.1 cm³/mol. The zero-order valence-corrected chi connectivity index (χ0v) is 12.3. The molecule has 0 amide bonds. The van der Waals surface area contributed by atoms with Crippen molar-refractivity contribution in [2.24, 2.45) is 0 Å². The number of thiophene rings is 1. The third kappa shape index (κ3) is 2.30. The van der Waals surface area contributed by atoms with Crippen molar-refractivity contribution in [3.63, 3.8) is 0 Å². The topological polar surface area (TPSA) is 78.2 Å². The number of benzene rings is 1. The van der Waals surface area contributed by atoms with Crippen LogP contribution >= 0.6 is 22.9 Å². The Balaban J connectivity index is 2.25. The number of hydrogen-bond acceptors (Lipinski definition) is 6. The number of rotatable bonds is 3. The van der Waals surface area contributed by atoms with Gasteiger partial charge in [0.1, 0.15) is 11.5 Å². The predicted octanol–water partition coefficient (Wildman–Crippen LogP) is 3.93. The van der Waals surface area contributed by atoms with Gasteiger partial charge in [-0.15, -0.1) is 11.3 Å². The van der Waals surface area contributed by atoms with Crippen LogP contribution in [0.5, 0.6) is 5.75 Å². The number of methoxy groups -OCH3 is 1. The van der Waals surface area contributed by atoms with Crippen LogP contribution in [0.25, 0.3) is 20.7 Å². The maximum absolute atomic E-state index is 11.1. The van der Waals surface area contributed by atoms with E-state index in [-0.39, 0.29) is 11.4 Å². The highest BCUT2D eigenvalue weighted by atomic mass is 35.5. The lowest BCUT2D eigenvalue weighted by atomic mass is 10.1. The number of aromatic nitrogens is 2. The van der Waals surface area contributed by atoms with E-state index >= 15 is 0 Å². The van der Waals surface area contributed by atoms with Crippen LogP contribution in [0.1, 0.15) is 0 Å². The minimum atomic E-state index is -0.470. The van der Waals surface area contributed by atoms with Crippen LogP contribution in [0.4, 0.5) is 5.69 Å². The van der Waals surface area contributed by atoms with E-state index in [1.54, 1.807) is 12.1 Å². The third-order valence-electron chi connectivity index (χ3n) is 2.93. The molecule has 0 unspecified atom stereocenters. The summed E-state index contributed by atoms with van der Waals surface area (Å²) in [7, 11) is 1.41. The highest BCUT2D eigenvalue weighted by Crippen LogP contribution is 2.42. The second-order valence-corrected chi connectivity index (χ2v) is 5.51. The Labute approximate surface area is 128 Å². The molecule has 2 heterocycles. The normalized spacial score (nSPS) is 10.8. The van der Waals surface area contributed by atoms with Crippen molar-refractivity contribution in [1.82, 2.24) is 9.97 Å². The minimum absolute atomic E-state index is 0.0790. The van der Waals surface area contributed by atoms with E-state index in [1.165, 1.54) is 30.8 Å². The average molecular weight is 322 g/mol. The van der Waals surface area contributed by atoms with E-state index in [0.29, 0.717) is 16.2 Å². The van der Waals surface area contributed by atoms with Gasteiger partial charge in [0.25, 0.3) is 0 Å². The first kappa shape index (κ1) is 13.7. The van der Waals surface area contributed by atoms with Gasteiger partial charge in [-0.25, -0.2) is 9.97 Å². The molecule has 0 saturated heterocycles. The molecule has 8 heteroatoms. The zero-order chi connectivity index (χ0) is 15.0. The summed E-state index contributed by atoms with van der Waals surface area (Å²) in [6.45, 7) is 0. The molecular formula is C13H8ClN3O3S. The molecule has 0 aliphatic carbocycles. The van der Waals surface area contributed by atoms with Crippen LogP contribution in [0.15, 0.2) is 30.6 Å². The first-order valence-electron chi connectivity index (χ1n) is 5.83. The molecule has 0 bridgehead atoms. The summed E-state index contributed by atoms with van der Waals surface area (Å²) in [4.78, 5) is 19.5. The fourth-order valence-corrected chi connectivity index (χ4v) is 3.31. The fourth-order valence-electron chi connectivity index (χ4n) is 2.04. The first-order chi connectivity index (χ1) is 10.1. The van der Waals surface area contributed by atoms with Crippen molar-refractivity contribution < 1.29 is 9.66 Å². The molecule has 6 nitrogen and oxygen atoms in total. The van der Waals surface area contributed by atoms with E-state index in [0.717, 1.165) is 9.58 Å². The SMILES string of the molecule is COc1c(-c2cc3ncnc(Cl)c3s2)cccc1[N+](=O)[O-]. The molecule has 3 aromatic rings. The summed E-state index contributed by atoms with van der Waals surface area (Å²) in [5.41, 5.74) is 1.25. The molecule has 106 valence electrons.